The third kappa shape index (κ3) is 7.91. The zero-order chi connectivity index (χ0) is 23.6. The molecule has 0 spiro atoms. The summed E-state index contributed by atoms with van der Waals surface area (Å²) in [7, 11) is 1.61. The molecule has 0 fully saturated rings. The van der Waals surface area contributed by atoms with E-state index in [2.05, 4.69) is 21.2 Å². The molecule has 1 atom stereocenters. The average molecular weight is 546 g/mol. The zero-order valence-corrected chi connectivity index (χ0v) is 21.5. The van der Waals surface area contributed by atoms with Gasteiger partial charge in [-0.3, -0.25) is 9.59 Å². The zero-order valence-electron chi connectivity index (χ0n) is 18.3. The fraction of sp³-hybridized carbons (Fsp3) is 0.231. The molecule has 0 aliphatic carbocycles. The number of amides is 2. The standard InChI is InChI=1S/C26H26BrClN2O2S/c1-29-26(32)24(17-19-6-3-2-4-7-19)30(18-20-8-5-9-21(27)16-20)25(31)14-15-33-23-12-10-22(28)11-13-23/h2-13,16,24H,14-15,17-18H2,1H3,(H,29,32). The van der Waals surface area contributed by atoms with E-state index in [0.717, 1.165) is 20.5 Å². The first-order valence-corrected chi connectivity index (χ1v) is 12.8. The number of hydrogen-bond acceptors (Lipinski definition) is 3. The van der Waals surface area contributed by atoms with Crippen molar-refractivity contribution in [1.29, 1.82) is 0 Å². The minimum Gasteiger partial charge on any atom is -0.357 e. The number of hydrogen-bond donors (Lipinski definition) is 1. The van der Waals surface area contributed by atoms with Crippen molar-refractivity contribution in [1.82, 2.24) is 10.2 Å². The molecule has 0 aromatic heterocycles. The number of benzene rings is 3. The van der Waals surface area contributed by atoms with E-state index in [1.165, 1.54) is 0 Å². The molecule has 0 radical (unpaired) electrons. The van der Waals surface area contributed by atoms with Crippen molar-refractivity contribution in [2.45, 2.75) is 30.3 Å². The van der Waals surface area contributed by atoms with Crippen LogP contribution in [0, 0.1) is 0 Å². The van der Waals surface area contributed by atoms with Crippen LogP contribution in [0.15, 0.2) is 88.2 Å². The largest absolute Gasteiger partial charge is 0.357 e. The molecule has 33 heavy (non-hydrogen) atoms. The Balaban J connectivity index is 1.80. The highest BCUT2D eigenvalue weighted by Gasteiger charge is 2.29. The molecule has 0 bridgehead atoms. The van der Waals surface area contributed by atoms with Crippen LogP contribution in [0.1, 0.15) is 17.5 Å². The minimum absolute atomic E-state index is 0.0547. The molecule has 7 heteroatoms. The van der Waals surface area contributed by atoms with Crippen LogP contribution in [0.3, 0.4) is 0 Å². The number of nitrogens with one attached hydrogen (secondary N) is 1. The fourth-order valence-corrected chi connectivity index (χ4v) is 4.90. The van der Waals surface area contributed by atoms with Gasteiger partial charge in [0.05, 0.1) is 0 Å². The predicted molar refractivity (Wildman–Crippen MR) is 139 cm³/mol. The molecule has 1 unspecified atom stereocenters. The fourth-order valence-electron chi connectivity index (χ4n) is 3.48. The monoisotopic (exact) mass is 544 g/mol. The molecule has 3 aromatic rings. The Bertz CT molecular complexity index is 1060. The average Bonchev–Trinajstić information content (AvgIpc) is 2.82. The van der Waals surface area contributed by atoms with Crippen molar-refractivity contribution in [3.8, 4) is 0 Å². The van der Waals surface area contributed by atoms with Crippen molar-refractivity contribution in [2.75, 3.05) is 12.8 Å². The molecule has 0 saturated carbocycles. The van der Waals surface area contributed by atoms with Crippen LogP contribution in [0.25, 0.3) is 0 Å². The molecule has 0 aliphatic rings. The molecule has 2 amide bonds. The first-order valence-electron chi connectivity index (χ1n) is 10.6. The van der Waals surface area contributed by atoms with E-state index >= 15 is 0 Å². The number of likely N-dealkylation sites (N-methyl/N-ethyl adjacent to an activating group) is 1. The molecule has 0 heterocycles. The van der Waals surface area contributed by atoms with Gasteiger partial charge in [-0.25, -0.2) is 0 Å². The van der Waals surface area contributed by atoms with Crippen molar-refractivity contribution >= 4 is 51.1 Å². The van der Waals surface area contributed by atoms with Crippen LogP contribution in [-0.4, -0.2) is 35.6 Å². The van der Waals surface area contributed by atoms with Crippen LogP contribution in [0.5, 0.6) is 0 Å². The number of halogens is 2. The summed E-state index contributed by atoms with van der Waals surface area (Å²) < 4.78 is 0.935. The van der Waals surface area contributed by atoms with Gasteiger partial charge in [0.25, 0.3) is 0 Å². The number of nitrogens with zero attached hydrogens (tertiary/aromatic N) is 1. The molecule has 0 aliphatic heterocycles. The Labute approximate surface area is 212 Å². The van der Waals surface area contributed by atoms with E-state index in [1.54, 1.807) is 23.7 Å². The van der Waals surface area contributed by atoms with Gasteiger partial charge < -0.3 is 10.2 Å². The van der Waals surface area contributed by atoms with Crippen molar-refractivity contribution in [3.63, 3.8) is 0 Å². The number of carbonyl (C=O) groups is 2. The summed E-state index contributed by atoms with van der Waals surface area (Å²) in [6.07, 6.45) is 0.772. The van der Waals surface area contributed by atoms with Crippen molar-refractivity contribution < 1.29 is 9.59 Å². The van der Waals surface area contributed by atoms with Gasteiger partial charge in [0.1, 0.15) is 6.04 Å². The Hall–Kier alpha value is -2.28. The van der Waals surface area contributed by atoms with Gasteiger partial charge >= 0.3 is 0 Å². The lowest BCUT2D eigenvalue weighted by molar-refractivity contribution is -0.140. The molecule has 0 saturated heterocycles. The first kappa shape index (κ1) is 25.3. The van der Waals surface area contributed by atoms with Crippen molar-refractivity contribution in [3.05, 3.63) is 99.5 Å². The molecule has 4 nitrogen and oxygen atoms in total. The lowest BCUT2D eigenvalue weighted by atomic mass is 10.0. The number of rotatable bonds is 10. The number of thioether (sulfide) groups is 1. The maximum atomic E-state index is 13.4. The van der Waals surface area contributed by atoms with E-state index in [9.17, 15) is 9.59 Å². The van der Waals surface area contributed by atoms with E-state index in [0.29, 0.717) is 30.2 Å². The smallest absolute Gasteiger partial charge is 0.242 e. The van der Waals surface area contributed by atoms with Crippen molar-refractivity contribution in [2.24, 2.45) is 0 Å². The Morgan fingerprint density at radius 1 is 1.00 bits per heavy atom. The third-order valence-corrected chi connectivity index (χ3v) is 6.92. The summed E-state index contributed by atoms with van der Waals surface area (Å²) in [5, 5.41) is 3.43. The lowest BCUT2D eigenvalue weighted by Crippen LogP contribution is -2.49. The molecule has 1 N–H and O–H groups in total. The Morgan fingerprint density at radius 3 is 2.36 bits per heavy atom. The summed E-state index contributed by atoms with van der Waals surface area (Å²) in [4.78, 5) is 29.1. The van der Waals surface area contributed by atoms with Crippen LogP contribution in [0.2, 0.25) is 5.02 Å². The van der Waals surface area contributed by atoms with Gasteiger partial charge in [0.2, 0.25) is 11.8 Å². The van der Waals surface area contributed by atoms with Gasteiger partial charge in [-0.2, -0.15) is 0 Å². The highest BCUT2D eigenvalue weighted by molar-refractivity contribution is 9.10. The molecular weight excluding hydrogens is 520 g/mol. The molecule has 172 valence electrons. The van der Waals surface area contributed by atoms with Crippen LogP contribution < -0.4 is 5.32 Å². The summed E-state index contributed by atoms with van der Waals surface area (Å²) in [5.41, 5.74) is 1.97. The van der Waals surface area contributed by atoms with Crippen LogP contribution >= 0.6 is 39.3 Å². The second-order valence-corrected chi connectivity index (χ2v) is 10.0. The highest BCUT2D eigenvalue weighted by atomic mass is 79.9. The summed E-state index contributed by atoms with van der Waals surface area (Å²) in [6, 6.07) is 24.6. The number of carbonyl (C=O) groups excluding carboxylic acids is 2. The second-order valence-electron chi connectivity index (χ2n) is 7.52. The summed E-state index contributed by atoms with van der Waals surface area (Å²) in [6.45, 7) is 0.356. The molecule has 3 aromatic carbocycles. The van der Waals surface area contributed by atoms with E-state index in [4.69, 9.17) is 11.6 Å². The van der Waals surface area contributed by atoms with E-state index < -0.39 is 6.04 Å². The SMILES string of the molecule is CNC(=O)C(Cc1ccccc1)N(Cc1cccc(Br)c1)C(=O)CCSc1ccc(Cl)cc1. The summed E-state index contributed by atoms with van der Waals surface area (Å²) >= 11 is 11.1. The lowest BCUT2D eigenvalue weighted by Gasteiger charge is -2.31. The quantitative estimate of drug-likeness (QED) is 0.319. The molecule has 3 rings (SSSR count). The Kier molecular flexibility index (Phi) is 9.85. The summed E-state index contributed by atoms with van der Waals surface area (Å²) in [5.74, 6) is 0.384. The normalized spacial score (nSPS) is 11.6. The van der Waals surface area contributed by atoms with Gasteiger partial charge in [-0.05, 0) is 47.5 Å². The third-order valence-electron chi connectivity index (χ3n) is 5.16. The van der Waals surface area contributed by atoms with E-state index in [1.807, 2.05) is 78.9 Å². The van der Waals surface area contributed by atoms with Crippen LogP contribution in [-0.2, 0) is 22.6 Å². The van der Waals surface area contributed by atoms with Gasteiger partial charge in [-0.1, -0.05) is 70.0 Å². The topological polar surface area (TPSA) is 49.4 Å². The minimum atomic E-state index is -0.607. The maximum absolute atomic E-state index is 13.4. The highest BCUT2D eigenvalue weighted by Crippen LogP contribution is 2.23. The van der Waals surface area contributed by atoms with Gasteiger partial charge in [0, 0.05) is 46.6 Å². The van der Waals surface area contributed by atoms with Crippen LogP contribution in [0.4, 0.5) is 0 Å². The second kappa shape index (κ2) is 12.8. The molecular formula is C26H26BrClN2O2S. The van der Waals surface area contributed by atoms with Gasteiger partial charge in [0.15, 0.2) is 0 Å². The maximum Gasteiger partial charge on any atom is 0.242 e. The van der Waals surface area contributed by atoms with Gasteiger partial charge in [-0.15, -0.1) is 11.8 Å². The Morgan fingerprint density at radius 2 is 1.70 bits per heavy atom. The first-order chi connectivity index (χ1) is 16.0. The predicted octanol–water partition coefficient (Wildman–Crippen LogP) is 5.97. The van der Waals surface area contributed by atoms with E-state index in [-0.39, 0.29) is 11.8 Å².